The van der Waals surface area contributed by atoms with Crippen LogP contribution in [0.5, 0.6) is 0 Å². The predicted octanol–water partition coefficient (Wildman–Crippen LogP) is -0.304. The molecule has 6 nitrogen and oxygen atoms in total. The molecule has 0 N–H and O–H groups in total. The van der Waals surface area contributed by atoms with Crippen molar-refractivity contribution in [2.24, 2.45) is 0 Å². The van der Waals surface area contributed by atoms with E-state index in [9.17, 15) is 19.2 Å². The molecule has 92 valence electrons. The zero-order chi connectivity index (χ0) is 13.0. The summed E-state index contributed by atoms with van der Waals surface area (Å²) in [6, 6.07) is 0. The van der Waals surface area contributed by atoms with Gasteiger partial charge in [-0.2, -0.15) is 0 Å². The van der Waals surface area contributed by atoms with Crippen LogP contribution in [0.1, 0.15) is 19.8 Å². The number of hydrogen-bond donors (Lipinski definition) is 0. The first-order valence-electron chi connectivity index (χ1n) is 5.30. The minimum Gasteiger partial charge on any atom is -0.283 e. The molecule has 4 amide bonds. The van der Waals surface area contributed by atoms with Gasteiger partial charge in [-0.1, -0.05) is 0 Å². The number of amides is 4. The number of imide groups is 2. The van der Waals surface area contributed by atoms with E-state index < -0.39 is 0 Å². The maximum Gasteiger partial charge on any atom is 0.253 e. The number of carbonyl (C=O) groups is 4. The Hall–Kier alpha value is -1.98. The molecule has 0 unspecified atom stereocenters. The van der Waals surface area contributed by atoms with Gasteiger partial charge in [-0.15, -0.1) is 0 Å². The molecular formula is C11H14N2O4. The topological polar surface area (TPSA) is 74.8 Å². The number of hydrogen-bond acceptors (Lipinski definition) is 4. The van der Waals surface area contributed by atoms with Crippen molar-refractivity contribution in [2.75, 3.05) is 13.6 Å². The highest BCUT2D eigenvalue weighted by Crippen LogP contribution is 2.09. The Bertz CT molecular complexity index is 366. The Morgan fingerprint density at radius 1 is 1.00 bits per heavy atom. The van der Waals surface area contributed by atoms with Gasteiger partial charge in [-0.25, -0.2) is 0 Å². The summed E-state index contributed by atoms with van der Waals surface area (Å²) in [7, 11) is 1.45. The molecule has 0 saturated carbocycles. The van der Waals surface area contributed by atoms with Gasteiger partial charge in [-0.05, 0) is 6.92 Å². The van der Waals surface area contributed by atoms with Crippen LogP contribution in [0.15, 0.2) is 12.2 Å². The maximum atomic E-state index is 10.7. The second-order valence-electron chi connectivity index (χ2n) is 3.60. The van der Waals surface area contributed by atoms with Crippen molar-refractivity contribution >= 4 is 23.6 Å². The molecule has 1 fully saturated rings. The van der Waals surface area contributed by atoms with Gasteiger partial charge in [-0.3, -0.25) is 29.0 Å². The number of likely N-dealkylation sites (tertiary alicyclic amines) is 1. The molecule has 0 aliphatic carbocycles. The lowest BCUT2D eigenvalue weighted by Gasteiger charge is -2.08. The Labute approximate surface area is 98.9 Å². The van der Waals surface area contributed by atoms with Crippen LogP contribution in [0.4, 0.5) is 0 Å². The Morgan fingerprint density at radius 2 is 1.41 bits per heavy atom. The van der Waals surface area contributed by atoms with Crippen molar-refractivity contribution in [2.45, 2.75) is 19.8 Å². The Balaban J connectivity index is 0.000000171. The molecule has 0 aromatic heterocycles. The lowest BCUT2D eigenvalue weighted by Crippen LogP contribution is -2.28. The Morgan fingerprint density at radius 3 is 1.59 bits per heavy atom. The summed E-state index contributed by atoms with van der Waals surface area (Å²) < 4.78 is 0. The SMILES string of the molecule is CCN1C(=O)CCC1=O.CN1C(=O)C=CC1=O. The summed E-state index contributed by atoms with van der Waals surface area (Å²) >= 11 is 0. The van der Waals surface area contributed by atoms with E-state index >= 15 is 0 Å². The van der Waals surface area contributed by atoms with Crippen molar-refractivity contribution in [1.82, 2.24) is 9.80 Å². The quantitative estimate of drug-likeness (QED) is 0.588. The number of nitrogens with zero attached hydrogens (tertiary/aromatic N) is 2. The summed E-state index contributed by atoms with van der Waals surface area (Å²) in [5, 5.41) is 0. The van der Waals surface area contributed by atoms with Gasteiger partial charge in [0.2, 0.25) is 11.8 Å². The van der Waals surface area contributed by atoms with Crippen molar-refractivity contribution in [3.05, 3.63) is 12.2 Å². The van der Waals surface area contributed by atoms with E-state index in [1.54, 1.807) is 6.92 Å². The third-order valence-corrected chi connectivity index (χ3v) is 2.50. The van der Waals surface area contributed by atoms with E-state index in [4.69, 9.17) is 0 Å². The molecule has 0 radical (unpaired) electrons. The third-order valence-electron chi connectivity index (χ3n) is 2.50. The molecule has 17 heavy (non-hydrogen) atoms. The first kappa shape index (κ1) is 13.1. The molecule has 2 heterocycles. The van der Waals surface area contributed by atoms with Gasteiger partial charge in [0, 0.05) is 38.6 Å². The molecule has 0 aromatic rings. The summed E-state index contributed by atoms with van der Waals surface area (Å²) in [6.07, 6.45) is 3.32. The molecule has 2 aliphatic heterocycles. The summed E-state index contributed by atoms with van der Waals surface area (Å²) in [5.74, 6) is -0.532. The van der Waals surface area contributed by atoms with Crippen molar-refractivity contribution in [1.29, 1.82) is 0 Å². The van der Waals surface area contributed by atoms with Crippen LogP contribution < -0.4 is 0 Å². The fourth-order valence-electron chi connectivity index (χ4n) is 1.45. The maximum absolute atomic E-state index is 10.7. The highest BCUT2D eigenvalue weighted by molar-refractivity contribution is 6.12. The predicted molar refractivity (Wildman–Crippen MR) is 58.5 cm³/mol. The van der Waals surface area contributed by atoms with E-state index in [2.05, 4.69) is 0 Å². The van der Waals surface area contributed by atoms with Crippen LogP contribution in [0.25, 0.3) is 0 Å². The average molecular weight is 238 g/mol. The number of carbonyl (C=O) groups excluding carboxylic acids is 4. The lowest BCUT2D eigenvalue weighted by atomic mass is 10.4. The van der Waals surface area contributed by atoms with Crippen LogP contribution in [0.2, 0.25) is 0 Å². The van der Waals surface area contributed by atoms with E-state index in [0.717, 1.165) is 4.90 Å². The third kappa shape index (κ3) is 2.99. The molecule has 2 rings (SSSR count). The van der Waals surface area contributed by atoms with E-state index in [1.165, 1.54) is 24.1 Å². The standard InChI is InChI=1S/C6H9NO2.C5H5NO2/c1-2-7-5(8)3-4-6(7)9;1-6-4(7)2-3-5(6)8/h2-4H2,1H3;2-3H,1H3. The van der Waals surface area contributed by atoms with Crippen molar-refractivity contribution in [3.8, 4) is 0 Å². The highest BCUT2D eigenvalue weighted by atomic mass is 16.2. The molecule has 0 spiro atoms. The van der Waals surface area contributed by atoms with Gasteiger partial charge >= 0.3 is 0 Å². The van der Waals surface area contributed by atoms with E-state index in [-0.39, 0.29) is 23.6 Å². The van der Waals surface area contributed by atoms with Crippen LogP contribution in [0, 0.1) is 0 Å². The average Bonchev–Trinajstić information content (AvgIpc) is 2.77. The van der Waals surface area contributed by atoms with Crippen LogP contribution in [-0.2, 0) is 19.2 Å². The molecule has 1 saturated heterocycles. The number of rotatable bonds is 1. The smallest absolute Gasteiger partial charge is 0.253 e. The van der Waals surface area contributed by atoms with Crippen LogP contribution in [0.3, 0.4) is 0 Å². The normalized spacial score (nSPS) is 18.9. The van der Waals surface area contributed by atoms with E-state index in [1.807, 2.05) is 0 Å². The van der Waals surface area contributed by atoms with Crippen LogP contribution >= 0.6 is 0 Å². The van der Waals surface area contributed by atoms with Gasteiger partial charge in [0.15, 0.2) is 0 Å². The fourth-order valence-corrected chi connectivity index (χ4v) is 1.45. The summed E-state index contributed by atoms with van der Waals surface area (Å²) in [6.45, 7) is 2.33. The van der Waals surface area contributed by atoms with Gasteiger partial charge < -0.3 is 0 Å². The minimum atomic E-state index is -0.241. The van der Waals surface area contributed by atoms with Crippen molar-refractivity contribution < 1.29 is 19.2 Å². The fraction of sp³-hybridized carbons (Fsp3) is 0.455. The Kier molecular flexibility index (Phi) is 4.14. The van der Waals surface area contributed by atoms with Crippen LogP contribution in [-0.4, -0.2) is 47.0 Å². The highest BCUT2D eigenvalue weighted by Gasteiger charge is 2.26. The first-order valence-corrected chi connectivity index (χ1v) is 5.30. The largest absolute Gasteiger partial charge is 0.283 e. The minimum absolute atomic E-state index is 0.0255. The zero-order valence-corrected chi connectivity index (χ0v) is 9.80. The van der Waals surface area contributed by atoms with Gasteiger partial charge in [0.05, 0.1) is 0 Å². The lowest BCUT2D eigenvalue weighted by molar-refractivity contribution is -0.138. The molecule has 0 aromatic carbocycles. The molecule has 2 aliphatic rings. The summed E-state index contributed by atoms with van der Waals surface area (Å²) in [4.78, 5) is 44.6. The zero-order valence-electron chi connectivity index (χ0n) is 9.80. The summed E-state index contributed by atoms with van der Waals surface area (Å²) in [5.41, 5.74) is 0. The van der Waals surface area contributed by atoms with Gasteiger partial charge in [0.1, 0.15) is 0 Å². The van der Waals surface area contributed by atoms with Crippen molar-refractivity contribution in [3.63, 3.8) is 0 Å². The molecule has 6 heteroatoms. The number of likely N-dealkylation sites (N-methyl/N-ethyl adjacent to an activating group) is 1. The first-order chi connectivity index (χ1) is 7.97. The second kappa shape index (κ2) is 5.38. The van der Waals surface area contributed by atoms with E-state index in [0.29, 0.717) is 19.4 Å². The molecule has 0 atom stereocenters. The molecular weight excluding hydrogens is 224 g/mol. The second-order valence-corrected chi connectivity index (χ2v) is 3.60. The van der Waals surface area contributed by atoms with Gasteiger partial charge in [0.25, 0.3) is 11.8 Å². The molecule has 0 bridgehead atoms. The monoisotopic (exact) mass is 238 g/mol.